The minimum absolute atomic E-state index is 0.0477. The summed E-state index contributed by atoms with van der Waals surface area (Å²) < 4.78 is 38.4. The lowest BCUT2D eigenvalue weighted by Gasteiger charge is -2.32. The van der Waals surface area contributed by atoms with Gasteiger partial charge in [0.15, 0.2) is 0 Å². The maximum atomic E-state index is 12.8. The highest BCUT2D eigenvalue weighted by atomic mass is 32.1. The van der Waals surface area contributed by atoms with Crippen LogP contribution in [0, 0.1) is 12.8 Å². The molecule has 0 aliphatic carbocycles. The summed E-state index contributed by atoms with van der Waals surface area (Å²) in [7, 11) is 0. The molecule has 1 fully saturated rings. The van der Waals surface area contributed by atoms with Gasteiger partial charge in [-0.2, -0.15) is 13.2 Å². The number of alkyl halides is 3. The molecule has 146 valence electrons. The lowest BCUT2D eigenvalue weighted by atomic mass is 9.97. The molecule has 27 heavy (non-hydrogen) atoms. The number of carbonyl (C=O) groups excluding carboxylic acids is 1. The van der Waals surface area contributed by atoms with E-state index >= 15 is 0 Å². The molecule has 1 amide bonds. The summed E-state index contributed by atoms with van der Waals surface area (Å²) in [5, 5.41) is 2.81. The van der Waals surface area contributed by atoms with Crippen molar-refractivity contribution in [3.8, 4) is 0 Å². The molecule has 1 aromatic carbocycles. The van der Waals surface area contributed by atoms with E-state index in [9.17, 15) is 18.0 Å². The van der Waals surface area contributed by atoms with Gasteiger partial charge in [0.2, 0.25) is 0 Å². The minimum atomic E-state index is -4.44. The Morgan fingerprint density at radius 3 is 2.81 bits per heavy atom. The summed E-state index contributed by atoms with van der Waals surface area (Å²) in [6.07, 6.45) is -2.36. The molecule has 0 saturated carbocycles. The first-order valence-electron chi connectivity index (χ1n) is 9.04. The Balaban J connectivity index is 1.52. The third kappa shape index (κ3) is 5.56. The fraction of sp³-hybridized carbons (Fsp3) is 0.450. The van der Waals surface area contributed by atoms with Gasteiger partial charge in [0, 0.05) is 35.0 Å². The molecule has 2 heterocycles. The molecule has 1 N–H and O–H groups in total. The van der Waals surface area contributed by atoms with Crippen LogP contribution in [0.15, 0.2) is 36.4 Å². The summed E-state index contributed by atoms with van der Waals surface area (Å²) in [6.45, 7) is 5.41. The van der Waals surface area contributed by atoms with Crippen molar-refractivity contribution in [2.75, 3.05) is 19.6 Å². The normalized spacial score (nSPS) is 18.4. The Hall–Kier alpha value is -1.86. The Kier molecular flexibility index (Phi) is 6.22. The highest BCUT2D eigenvalue weighted by Crippen LogP contribution is 2.29. The first-order chi connectivity index (χ1) is 12.8. The predicted molar refractivity (Wildman–Crippen MR) is 101 cm³/mol. The zero-order valence-electron chi connectivity index (χ0n) is 15.2. The summed E-state index contributed by atoms with van der Waals surface area (Å²) in [5.74, 6) is -0.137. The highest BCUT2D eigenvalue weighted by Gasteiger charge is 2.31. The van der Waals surface area contributed by atoms with Gasteiger partial charge in [-0.25, -0.2) is 0 Å². The Labute approximate surface area is 161 Å². The average Bonchev–Trinajstić information content (AvgIpc) is 3.04. The molecule has 2 aromatic rings. The lowest BCUT2D eigenvalue weighted by molar-refractivity contribution is -0.137. The van der Waals surface area contributed by atoms with E-state index in [-0.39, 0.29) is 5.56 Å². The van der Waals surface area contributed by atoms with Crippen LogP contribution < -0.4 is 5.32 Å². The van der Waals surface area contributed by atoms with Crippen molar-refractivity contribution >= 4 is 17.2 Å². The molecule has 3 nitrogen and oxygen atoms in total. The number of benzene rings is 1. The van der Waals surface area contributed by atoms with Crippen LogP contribution in [0.1, 0.15) is 38.5 Å². The molecule has 7 heteroatoms. The molecular weight excluding hydrogens is 373 g/mol. The van der Waals surface area contributed by atoms with Gasteiger partial charge in [0.05, 0.1) is 5.56 Å². The van der Waals surface area contributed by atoms with Crippen molar-refractivity contribution in [2.24, 2.45) is 5.92 Å². The first kappa shape index (κ1) is 19.9. The number of aryl methyl sites for hydroxylation is 1. The van der Waals surface area contributed by atoms with Crippen molar-refractivity contribution in [1.29, 1.82) is 0 Å². The quantitative estimate of drug-likeness (QED) is 0.793. The Morgan fingerprint density at radius 1 is 1.30 bits per heavy atom. The fourth-order valence-corrected chi connectivity index (χ4v) is 4.36. The number of rotatable bonds is 5. The van der Waals surface area contributed by atoms with Gasteiger partial charge in [-0.1, -0.05) is 6.07 Å². The molecule has 3 rings (SSSR count). The van der Waals surface area contributed by atoms with E-state index in [0.717, 1.165) is 44.6 Å². The number of amides is 1. The largest absolute Gasteiger partial charge is 0.416 e. The lowest BCUT2D eigenvalue weighted by Crippen LogP contribution is -2.40. The van der Waals surface area contributed by atoms with Crippen LogP contribution in [0.25, 0.3) is 0 Å². The van der Waals surface area contributed by atoms with Crippen molar-refractivity contribution < 1.29 is 18.0 Å². The minimum Gasteiger partial charge on any atom is -0.352 e. The van der Waals surface area contributed by atoms with Crippen LogP contribution in [0.3, 0.4) is 0 Å². The van der Waals surface area contributed by atoms with Crippen LogP contribution >= 0.6 is 11.3 Å². The van der Waals surface area contributed by atoms with E-state index < -0.39 is 17.6 Å². The topological polar surface area (TPSA) is 32.3 Å². The van der Waals surface area contributed by atoms with Crippen LogP contribution in [-0.4, -0.2) is 30.4 Å². The van der Waals surface area contributed by atoms with Gasteiger partial charge >= 0.3 is 6.18 Å². The van der Waals surface area contributed by atoms with Crippen molar-refractivity contribution in [3.63, 3.8) is 0 Å². The maximum absolute atomic E-state index is 12.8. The van der Waals surface area contributed by atoms with Crippen molar-refractivity contribution in [1.82, 2.24) is 10.2 Å². The van der Waals surface area contributed by atoms with E-state index in [2.05, 4.69) is 29.3 Å². The second kappa shape index (κ2) is 8.44. The molecule has 0 radical (unpaired) electrons. The zero-order chi connectivity index (χ0) is 19.4. The zero-order valence-corrected chi connectivity index (χ0v) is 16.0. The molecule has 1 atom stereocenters. The smallest absolute Gasteiger partial charge is 0.352 e. The second-order valence-corrected chi connectivity index (χ2v) is 8.42. The van der Waals surface area contributed by atoms with Crippen molar-refractivity contribution in [3.05, 3.63) is 57.3 Å². The molecule has 1 saturated heterocycles. The molecule has 0 spiro atoms. The third-order valence-corrected chi connectivity index (χ3v) is 5.77. The number of hydrogen-bond acceptors (Lipinski definition) is 3. The van der Waals surface area contributed by atoms with Crippen LogP contribution in [-0.2, 0) is 12.7 Å². The first-order valence-corrected chi connectivity index (χ1v) is 9.86. The number of hydrogen-bond donors (Lipinski definition) is 1. The van der Waals surface area contributed by atoms with E-state index in [4.69, 9.17) is 0 Å². The number of halogens is 3. The van der Waals surface area contributed by atoms with Gasteiger partial charge < -0.3 is 5.32 Å². The number of thiophene rings is 1. The Bertz CT molecular complexity index is 788. The monoisotopic (exact) mass is 396 g/mol. The van der Waals surface area contributed by atoms with Gasteiger partial charge in [0.1, 0.15) is 0 Å². The SMILES string of the molecule is Cc1ccc(CN2CCC[C@H](CNC(=O)c3cccc(C(F)(F)F)c3)C2)s1. The number of piperidine rings is 1. The molecular formula is C20H23F3N2OS. The number of nitrogens with one attached hydrogen (secondary N) is 1. The summed E-state index contributed by atoms with van der Waals surface area (Å²) >= 11 is 1.80. The molecule has 0 bridgehead atoms. The molecule has 0 unspecified atom stereocenters. The van der Waals surface area contributed by atoms with E-state index in [1.807, 2.05) is 0 Å². The summed E-state index contributed by atoms with van der Waals surface area (Å²) in [4.78, 5) is 17.3. The van der Waals surface area contributed by atoms with Gasteiger partial charge in [-0.3, -0.25) is 9.69 Å². The van der Waals surface area contributed by atoms with Crippen molar-refractivity contribution in [2.45, 2.75) is 32.5 Å². The predicted octanol–water partition coefficient (Wildman–Crippen LogP) is 4.72. The summed E-state index contributed by atoms with van der Waals surface area (Å²) in [5.41, 5.74) is -0.753. The number of nitrogens with zero attached hydrogens (tertiary/aromatic N) is 1. The summed E-state index contributed by atoms with van der Waals surface area (Å²) in [6, 6.07) is 8.83. The van der Waals surface area contributed by atoms with E-state index in [1.54, 1.807) is 11.3 Å². The van der Waals surface area contributed by atoms with Crippen LogP contribution in [0.4, 0.5) is 13.2 Å². The van der Waals surface area contributed by atoms with Crippen LogP contribution in [0.5, 0.6) is 0 Å². The second-order valence-electron chi connectivity index (χ2n) is 7.04. The standard InChI is InChI=1S/C20H23F3N2OS/c1-14-7-8-18(27-14)13-25-9-3-4-15(12-25)11-24-19(26)16-5-2-6-17(10-16)20(21,22)23/h2,5-8,10,15H,3-4,9,11-13H2,1H3,(H,24,26)/t15-/m1/s1. The molecule has 1 aliphatic heterocycles. The van der Waals surface area contributed by atoms with E-state index in [0.29, 0.717) is 12.5 Å². The van der Waals surface area contributed by atoms with Gasteiger partial charge in [-0.15, -0.1) is 11.3 Å². The van der Waals surface area contributed by atoms with Crippen LogP contribution in [0.2, 0.25) is 0 Å². The highest BCUT2D eigenvalue weighted by molar-refractivity contribution is 7.11. The maximum Gasteiger partial charge on any atom is 0.416 e. The van der Waals surface area contributed by atoms with E-state index in [1.165, 1.54) is 21.9 Å². The molecule has 1 aliphatic rings. The number of likely N-dealkylation sites (tertiary alicyclic amines) is 1. The Morgan fingerprint density at radius 2 is 2.11 bits per heavy atom. The fourth-order valence-electron chi connectivity index (χ4n) is 3.43. The molecule has 1 aromatic heterocycles. The average molecular weight is 396 g/mol. The third-order valence-electron chi connectivity index (χ3n) is 4.78. The number of carbonyl (C=O) groups is 1. The van der Waals surface area contributed by atoms with Gasteiger partial charge in [-0.05, 0) is 62.6 Å². The van der Waals surface area contributed by atoms with Gasteiger partial charge in [0.25, 0.3) is 5.91 Å².